The van der Waals surface area contributed by atoms with Gasteiger partial charge in [-0.1, -0.05) is 33.6 Å². The van der Waals surface area contributed by atoms with Crippen LogP contribution in [0.5, 0.6) is 0 Å². The number of carboxylic acids is 1. The molecule has 0 aromatic carbocycles. The molecule has 2 atom stereocenters. The van der Waals surface area contributed by atoms with E-state index in [2.05, 4.69) is 33.4 Å². The van der Waals surface area contributed by atoms with Crippen LogP contribution >= 0.6 is 12.6 Å². The van der Waals surface area contributed by atoms with Gasteiger partial charge in [-0.15, -0.1) is 0 Å². The van der Waals surface area contributed by atoms with E-state index in [4.69, 9.17) is 10.8 Å². The largest absolute Gasteiger partial charge is 0.480 e. The van der Waals surface area contributed by atoms with Crippen molar-refractivity contribution in [1.29, 1.82) is 0 Å². The molecule has 0 saturated heterocycles. The Morgan fingerprint density at radius 2 is 2.07 bits per heavy atom. The van der Waals surface area contributed by atoms with Crippen molar-refractivity contribution in [2.24, 2.45) is 11.7 Å². The van der Waals surface area contributed by atoms with Gasteiger partial charge < -0.3 is 10.8 Å². The van der Waals surface area contributed by atoms with Gasteiger partial charge in [-0.25, -0.2) is 0 Å². The summed E-state index contributed by atoms with van der Waals surface area (Å²) in [7, 11) is 0. The Morgan fingerprint density at radius 1 is 1.53 bits per heavy atom. The van der Waals surface area contributed by atoms with E-state index in [1.165, 1.54) is 0 Å². The van der Waals surface area contributed by atoms with Gasteiger partial charge in [0, 0.05) is 4.75 Å². The first-order valence-electron chi connectivity index (χ1n) is 5.54. The minimum absolute atomic E-state index is 0.256. The standard InChI is InChI=1S/C11H23NO2S/c1-4-5-6-11(15,8(2)3)7-9(12)10(13)14/h8-9,15H,4-7,12H2,1-3H3,(H,13,14). The van der Waals surface area contributed by atoms with Gasteiger partial charge in [0.2, 0.25) is 0 Å². The molecule has 15 heavy (non-hydrogen) atoms. The maximum Gasteiger partial charge on any atom is 0.320 e. The molecular weight excluding hydrogens is 210 g/mol. The molecule has 2 unspecified atom stereocenters. The van der Waals surface area contributed by atoms with Gasteiger partial charge in [0.25, 0.3) is 0 Å². The van der Waals surface area contributed by atoms with Crippen LogP contribution in [-0.4, -0.2) is 21.9 Å². The molecule has 0 radical (unpaired) electrons. The zero-order chi connectivity index (χ0) is 12.1. The molecule has 0 heterocycles. The van der Waals surface area contributed by atoms with Crippen molar-refractivity contribution < 1.29 is 9.90 Å². The van der Waals surface area contributed by atoms with Gasteiger partial charge >= 0.3 is 5.97 Å². The topological polar surface area (TPSA) is 63.3 Å². The fourth-order valence-corrected chi connectivity index (χ4v) is 1.93. The van der Waals surface area contributed by atoms with E-state index in [1.54, 1.807) is 0 Å². The Balaban J connectivity index is 4.43. The first-order valence-corrected chi connectivity index (χ1v) is 5.99. The van der Waals surface area contributed by atoms with Gasteiger partial charge in [-0.3, -0.25) is 4.79 Å². The van der Waals surface area contributed by atoms with Crippen LogP contribution in [0.4, 0.5) is 0 Å². The molecule has 0 rings (SSSR count). The lowest BCUT2D eigenvalue weighted by atomic mass is 9.84. The summed E-state index contributed by atoms with van der Waals surface area (Å²) in [4.78, 5) is 10.7. The minimum atomic E-state index is -0.939. The molecule has 0 aliphatic carbocycles. The third-order valence-corrected chi connectivity index (χ3v) is 3.85. The maximum absolute atomic E-state index is 10.7. The van der Waals surface area contributed by atoms with Crippen LogP contribution in [0.3, 0.4) is 0 Å². The van der Waals surface area contributed by atoms with Crippen LogP contribution in [-0.2, 0) is 4.79 Å². The summed E-state index contributed by atoms with van der Waals surface area (Å²) in [5, 5.41) is 8.79. The number of carbonyl (C=O) groups is 1. The number of rotatable bonds is 7. The molecule has 0 aromatic heterocycles. The molecule has 90 valence electrons. The quantitative estimate of drug-likeness (QED) is 0.591. The van der Waals surface area contributed by atoms with Crippen molar-refractivity contribution in [1.82, 2.24) is 0 Å². The van der Waals surface area contributed by atoms with Crippen molar-refractivity contribution in [2.75, 3.05) is 0 Å². The second-order valence-electron chi connectivity index (χ2n) is 4.51. The minimum Gasteiger partial charge on any atom is -0.480 e. The Kier molecular flexibility index (Phi) is 6.29. The van der Waals surface area contributed by atoms with Gasteiger partial charge in [0.05, 0.1) is 0 Å². The van der Waals surface area contributed by atoms with Gasteiger partial charge in [0.15, 0.2) is 0 Å². The number of hydrogen-bond acceptors (Lipinski definition) is 3. The number of aliphatic carboxylic acids is 1. The Hall–Kier alpha value is -0.220. The van der Waals surface area contributed by atoms with E-state index in [1.807, 2.05) is 0 Å². The highest BCUT2D eigenvalue weighted by atomic mass is 32.1. The Bertz CT molecular complexity index is 209. The number of thiol groups is 1. The van der Waals surface area contributed by atoms with Crippen molar-refractivity contribution in [3.63, 3.8) is 0 Å². The van der Waals surface area contributed by atoms with E-state index >= 15 is 0 Å². The zero-order valence-corrected chi connectivity index (χ0v) is 10.8. The van der Waals surface area contributed by atoms with Crippen molar-refractivity contribution in [3.8, 4) is 0 Å². The predicted octanol–water partition coefficient (Wildman–Crippen LogP) is 2.30. The molecule has 3 nitrogen and oxygen atoms in total. The molecule has 0 amide bonds. The third kappa shape index (κ3) is 4.89. The highest BCUT2D eigenvalue weighted by molar-refractivity contribution is 7.81. The highest BCUT2D eigenvalue weighted by Crippen LogP contribution is 2.34. The summed E-state index contributed by atoms with van der Waals surface area (Å²) >= 11 is 4.64. The third-order valence-electron chi connectivity index (χ3n) is 2.93. The number of nitrogens with two attached hydrogens (primary N) is 1. The van der Waals surface area contributed by atoms with Crippen LogP contribution in [0.15, 0.2) is 0 Å². The molecule has 3 N–H and O–H groups in total. The van der Waals surface area contributed by atoms with Gasteiger partial charge in [0.1, 0.15) is 6.04 Å². The van der Waals surface area contributed by atoms with Crippen LogP contribution in [0, 0.1) is 5.92 Å². The Morgan fingerprint density at radius 3 is 2.40 bits per heavy atom. The van der Waals surface area contributed by atoms with Crippen molar-refractivity contribution >= 4 is 18.6 Å². The smallest absolute Gasteiger partial charge is 0.320 e. The van der Waals surface area contributed by atoms with Crippen molar-refractivity contribution in [3.05, 3.63) is 0 Å². The number of carboxylic acid groups (broad SMARTS) is 1. The summed E-state index contributed by atoms with van der Waals surface area (Å²) < 4.78 is -0.256. The monoisotopic (exact) mass is 233 g/mol. The van der Waals surface area contributed by atoms with Crippen LogP contribution in [0.1, 0.15) is 46.5 Å². The SMILES string of the molecule is CCCCC(S)(CC(N)C(=O)O)C(C)C. The van der Waals surface area contributed by atoms with E-state index in [0.717, 1.165) is 19.3 Å². The van der Waals surface area contributed by atoms with Gasteiger partial charge in [-0.2, -0.15) is 12.6 Å². The van der Waals surface area contributed by atoms with E-state index in [9.17, 15) is 4.79 Å². The first kappa shape index (κ1) is 14.8. The normalized spacial score (nSPS) is 17.5. The average molecular weight is 233 g/mol. The van der Waals surface area contributed by atoms with Crippen LogP contribution < -0.4 is 5.73 Å². The molecule has 0 spiro atoms. The van der Waals surface area contributed by atoms with Crippen LogP contribution in [0.2, 0.25) is 0 Å². The fourth-order valence-electron chi connectivity index (χ4n) is 1.58. The second-order valence-corrected chi connectivity index (χ2v) is 5.40. The first-order chi connectivity index (χ1) is 6.83. The Labute approximate surface area is 97.8 Å². The zero-order valence-electron chi connectivity index (χ0n) is 9.86. The average Bonchev–Trinajstić information content (AvgIpc) is 2.14. The molecule has 0 aliphatic rings. The maximum atomic E-state index is 10.7. The van der Waals surface area contributed by atoms with E-state index < -0.39 is 12.0 Å². The molecule has 0 aliphatic heterocycles. The molecular formula is C11H23NO2S. The highest BCUT2D eigenvalue weighted by Gasteiger charge is 2.33. The number of hydrogen-bond donors (Lipinski definition) is 3. The summed E-state index contributed by atoms with van der Waals surface area (Å²) in [6.45, 7) is 6.25. The fraction of sp³-hybridized carbons (Fsp3) is 0.909. The predicted molar refractivity (Wildman–Crippen MR) is 66.3 cm³/mol. The molecule has 0 bridgehead atoms. The lowest BCUT2D eigenvalue weighted by molar-refractivity contribution is -0.138. The molecule has 0 aromatic rings. The van der Waals surface area contributed by atoms with E-state index in [-0.39, 0.29) is 4.75 Å². The summed E-state index contributed by atoms with van der Waals surface area (Å²) in [6.07, 6.45) is 3.51. The summed E-state index contributed by atoms with van der Waals surface area (Å²) in [6, 6.07) is -0.804. The molecule has 4 heteroatoms. The lowest BCUT2D eigenvalue weighted by Crippen LogP contribution is -2.41. The molecule has 0 saturated carbocycles. The molecule has 0 fully saturated rings. The van der Waals surface area contributed by atoms with E-state index in [0.29, 0.717) is 12.3 Å². The second kappa shape index (κ2) is 6.38. The van der Waals surface area contributed by atoms with Gasteiger partial charge in [-0.05, 0) is 18.8 Å². The lowest BCUT2D eigenvalue weighted by Gasteiger charge is -2.34. The summed E-state index contributed by atoms with van der Waals surface area (Å²) in [5.74, 6) is -0.608. The van der Waals surface area contributed by atoms with Crippen LogP contribution in [0.25, 0.3) is 0 Å². The summed E-state index contributed by atoms with van der Waals surface area (Å²) in [5.41, 5.74) is 5.56. The van der Waals surface area contributed by atoms with Crippen molar-refractivity contribution in [2.45, 2.75) is 57.2 Å². The number of unbranched alkanes of at least 4 members (excludes halogenated alkanes) is 1.